The van der Waals surface area contributed by atoms with Crippen molar-refractivity contribution in [3.05, 3.63) is 35.9 Å². The van der Waals surface area contributed by atoms with E-state index in [4.69, 9.17) is 0 Å². The Bertz CT molecular complexity index is 645. The van der Waals surface area contributed by atoms with Crippen LogP contribution in [0.4, 0.5) is 0 Å². The van der Waals surface area contributed by atoms with E-state index in [1.54, 1.807) is 17.0 Å². The van der Waals surface area contributed by atoms with E-state index in [0.29, 0.717) is 12.1 Å². The monoisotopic (exact) mass is 322 g/mol. The number of sulfone groups is 1. The van der Waals surface area contributed by atoms with Crippen LogP contribution < -0.4 is 0 Å². The minimum atomic E-state index is -3.06. The van der Waals surface area contributed by atoms with Crippen molar-refractivity contribution in [3.8, 4) is 0 Å². The second-order valence-corrected chi connectivity index (χ2v) is 8.27. The summed E-state index contributed by atoms with van der Waals surface area (Å²) in [5.74, 6) is 0.219. The minimum Gasteiger partial charge on any atom is -0.332 e. The van der Waals surface area contributed by atoms with Gasteiger partial charge in [0, 0.05) is 24.7 Å². The van der Waals surface area contributed by atoms with Gasteiger partial charge in [-0.2, -0.15) is 0 Å². The van der Waals surface area contributed by atoms with Crippen LogP contribution in [0.5, 0.6) is 0 Å². The molecular weight excluding hydrogens is 300 g/mol. The van der Waals surface area contributed by atoms with Gasteiger partial charge in [0.15, 0.2) is 9.84 Å². The molecule has 6 heteroatoms. The van der Waals surface area contributed by atoms with Crippen LogP contribution in [0.15, 0.2) is 30.3 Å². The van der Waals surface area contributed by atoms with Gasteiger partial charge in [0.1, 0.15) is 0 Å². The smallest absolute Gasteiger partial charge is 0.254 e. The first-order valence-corrected chi connectivity index (χ1v) is 9.64. The summed E-state index contributed by atoms with van der Waals surface area (Å²) in [5.41, 5.74) is 0.634. The summed E-state index contributed by atoms with van der Waals surface area (Å²) < 4.78 is 24.2. The third-order valence-corrected chi connectivity index (χ3v) is 6.28. The van der Waals surface area contributed by atoms with Crippen LogP contribution in [0.1, 0.15) is 23.7 Å². The highest BCUT2D eigenvalue weighted by Crippen LogP contribution is 2.28. The van der Waals surface area contributed by atoms with Crippen LogP contribution in [-0.4, -0.2) is 67.3 Å². The molecule has 2 unspecified atom stereocenters. The summed E-state index contributed by atoms with van der Waals surface area (Å²) in [4.78, 5) is 16.7. The summed E-state index contributed by atoms with van der Waals surface area (Å²) in [7, 11) is -3.06. The van der Waals surface area contributed by atoms with Crippen LogP contribution >= 0.6 is 0 Å². The second kappa shape index (κ2) is 6.01. The van der Waals surface area contributed by atoms with Gasteiger partial charge in [0.05, 0.1) is 17.5 Å². The minimum absolute atomic E-state index is 0.0497. The number of amides is 1. The van der Waals surface area contributed by atoms with E-state index in [2.05, 4.69) is 11.8 Å². The highest BCUT2D eigenvalue weighted by Gasteiger charge is 2.47. The molecule has 2 fully saturated rings. The number of fused-ring (bicyclic) bond motifs is 1. The molecule has 0 spiro atoms. The van der Waals surface area contributed by atoms with Gasteiger partial charge in [0.2, 0.25) is 0 Å². The molecule has 2 heterocycles. The molecule has 0 N–H and O–H groups in total. The van der Waals surface area contributed by atoms with Crippen LogP contribution in [0, 0.1) is 0 Å². The first-order chi connectivity index (χ1) is 10.5. The lowest BCUT2D eigenvalue weighted by Crippen LogP contribution is -2.60. The average Bonchev–Trinajstić information content (AvgIpc) is 2.83. The van der Waals surface area contributed by atoms with Crippen LogP contribution in [0.2, 0.25) is 0 Å². The highest BCUT2D eigenvalue weighted by atomic mass is 32.2. The fraction of sp³-hybridized carbons (Fsp3) is 0.562. The number of hydrogen-bond donors (Lipinski definition) is 0. The lowest BCUT2D eigenvalue weighted by atomic mass is 10.0. The Morgan fingerprint density at radius 3 is 2.50 bits per heavy atom. The Morgan fingerprint density at radius 1 is 1.14 bits per heavy atom. The fourth-order valence-corrected chi connectivity index (χ4v) is 5.60. The zero-order chi connectivity index (χ0) is 15.7. The molecule has 1 aromatic carbocycles. The number of carbonyl (C=O) groups is 1. The molecule has 1 aromatic rings. The Labute approximate surface area is 131 Å². The van der Waals surface area contributed by atoms with Gasteiger partial charge in [-0.05, 0) is 25.1 Å². The number of benzene rings is 1. The summed E-state index contributed by atoms with van der Waals surface area (Å²) in [5, 5.41) is 0. The van der Waals surface area contributed by atoms with Gasteiger partial charge in [-0.25, -0.2) is 8.42 Å². The van der Waals surface area contributed by atoms with E-state index in [0.717, 1.165) is 19.5 Å². The first-order valence-electron chi connectivity index (χ1n) is 7.82. The molecule has 3 rings (SSSR count). The van der Waals surface area contributed by atoms with Crippen molar-refractivity contribution in [2.24, 2.45) is 0 Å². The van der Waals surface area contributed by atoms with E-state index in [9.17, 15) is 13.2 Å². The van der Waals surface area contributed by atoms with E-state index in [1.807, 2.05) is 18.2 Å². The maximum absolute atomic E-state index is 12.7. The number of carbonyl (C=O) groups excluding carboxylic acids is 1. The Kier molecular flexibility index (Phi) is 4.23. The van der Waals surface area contributed by atoms with Gasteiger partial charge in [-0.3, -0.25) is 9.69 Å². The van der Waals surface area contributed by atoms with E-state index in [1.165, 1.54) is 0 Å². The van der Waals surface area contributed by atoms with Crippen molar-refractivity contribution in [2.45, 2.75) is 25.4 Å². The molecule has 0 aliphatic carbocycles. The molecule has 5 nitrogen and oxygen atoms in total. The molecule has 0 aromatic heterocycles. The van der Waals surface area contributed by atoms with Crippen molar-refractivity contribution >= 4 is 15.7 Å². The molecule has 120 valence electrons. The zero-order valence-electron chi connectivity index (χ0n) is 12.8. The highest BCUT2D eigenvalue weighted by molar-refractivity contribution is 7.91. The molecule has 2 atom stereocenters. The van der Waals surface area contributed by atoms with Crippen molar-refractivity contribution in [1.82, 2.24) is 9.80 Å². The van der Waals surface area contributed by atoms with Crippen molar-refractivity contribution in [1.29, 1.82) is 0 Å². The van der Waals surface area contributed by atoms with Gasteiger partial charge in [-0.1, -0.05) is 25.1 Å². The largest absolute Gasteiger partial charge is 0.332 e. The third kappa shape index (κ3) is 2.90. The Hall–Kier alpha value is -1.40. The number of piperazine rings is 1. The normalized spacial score (nSPS) is 27.6. The molecule has 0 radical (unpaired) electrons. The number of hydrogen-bond acceptors (Lipinski definition) is 4. The van der Waals surface area contributed by atoms with E-state index >= 15 is 0 Å². The standard InChI is InChI=1S/C16H22N2O3S/c1-2-8-17-9-10-18(15-12-22(20,21)11-14(15)17)16(19)13-6-4-3-5-7-13/h3-7,14-15H,2,8-12H2,1H3. The van der Waals surface area contributed by atoms with Crippen molar-refractivity contribution in [2.75, 3.05) is 31.1 Å². The van der Waals surface area contributed by atoms with Gasteiger partial charge < -0.3 is 4.90 Å². The summed E-state index contributed by atoms with van der Waals surface area (Å²) >= 11 is 0. The van der Waals surface area contributed by atoms with Gasteiger partial charge in [0.25, 0.3) is 5.91 Å². The Balaban J connectivity index is 1.86. The second-order valence-electron chi connectivity index (χ2n) is 6.11. The fourth-order valence-electron chi connectivity index (χ4n) is 3.59. The third-order valence-electron chi connectivity index (χ3n) is 4.58. The topological polar surface area (TPSA) is 57.7 Å². The zero-order valence-corrected chi connectivity index (χ0v) is 13.6. The van der Waals surface area contributed by atoms with Crippen LogP contribution in [0.3, 0.4) is 0 Å². The van der Waals surface area contributed by atoms with E-state index in [-0.39, 0.29) is 29.5 Å². The van der Waals surface area contributed by atoms with Crippen LogP contribution in [0.25, 0.3) is 0 Å². The maximum atomic E-state index is 12.7. The van der Waals surface area contributed by atoms with Crippen LogP contribution in [-0.2, 0) is 9.84 Å². The molecule has 2 saturated heterocycles. The SMILES string of the molecule is CCCN1CCN(C(=O)c2ccccc2)C2CS(=O)(=O)CC21. The lowest BCUT2D eigenvalue weighted by molar-refractivity contribution is 0.0333. The molecule has 2 aliphatic rings. The lowest BCUT2D eigenvalue weighted by Gasteiger charge is -2.43. The van der Waals surface area contributed by atoms with Gasteiger partial charge in [-0.15, -0.1) is 0 Å². The predicted molar refractivity (Wildman–Crippen MR) is 85.6 cm³/mol. The predicted octanol–water partition coefficient (Wildman–Crippen LogP) is 1.02. The van der Waals surface area contributed by atoms with Crippen molar-refractivity contribution in [3.63, 3.8) is 0 Å². The first kappa shape index (κ1) is 15.5. The van der Waals surface area contributed by atoms with Gasteiger partial charge >= 0.3 is 0 Å². The molecular formula is C16H22N2O3S. The van der Waals surface area contributed by atoms with E-state index < -0.39 is 9.84 Å². The van der Waals surface area contributed by atoms with Crippen molar-refractivity contribution < 1.29 is 13.2 Å². The molecule has 22 heavy (non-hydrogen) atoms. The molecule has 1 amide bonds. The summed E-state index contributed by atoms with van der Waals surface area (Å²) in [6.07, 6.45) is 0.996. The Morgan fingerprint density at radius 2 is 1.82 bits per heavy atom. The maximum Gasteiger partial charge on any atom is 0.254 e. The average molecular weight is 322 g/mol. The summed E-state index contributed by atoms with van der Waals surface area (Å²) in [6, 6.07) is 8.87. The molecule has 2 aliphatic heterocycles. The number of rotatable bonds is 3. The summed E-state index contributed by atoms with van der Waals surface area (Å²) in [6.45, 7) is 4.34. The quantitative estimate of drug-likeness (QED) is 0.834. The molecule has 0 bridgehead atoms. The number of nitrogens with zero attached hydrogens (tertiary/aromatic N) is 2. The molecule has 0 saturated carbocycles.